The van der Waals surface area contributed by atoms with Gasteiger partial charge in [-0.05, 0) is 44.2 Å². The van der Waals surface area contributed by atoms with Crippen molar-refractivity contribution in [2.75, 3.05) is 13.1 Å². The highest BCUT2D eigenvalue weighted by molar-refractivity contribution is 5.85. The van der Waals surface area contributed by atoms with Gasteiger partial charge in [-0.2, -0.15) is 0 Å². The van der Waals surface area contributed by atoms with E-state index in [-0.39, 0.29) is 23.7 Å². The van der Waals surface area contributed by atoms with Crippen molar-refractivity contribution in [2.45, 2.75) is 58.9 Å². The zero-order valence-corrected chi connectivity index (χ0v) is 15.7. The standard InChI is InChI=1S/C19H30N2O.ClH/c1-5-19(6-2,13-20)18(22)21-12-16(11-15(21)4)17-10-8-7-9-14(17)3;/h7-10,15-16H,5-6,11-13,20H2,1-4H3;1H. The predicted octanol–water partition coefficient (Wildman–Crippen LogP) is 3.89. The van der Waals surface area contributed by atoms with Gasteiger partial charge in [-0.15, -0.1) is 12.4 Å². The number of hydrogen-bond donors (Lipinski definition) is 1. The number of nitrogens with zero attached hydrogens (tertiary/aromatic N) is 1. The number of benzene rings is 1. The third-order valence-electron chi connectivity index (χ3n) is 5.66. The lowest BCUT2D eigenvalue weighted by atomic mass is 9.81. The maximum atomic E-state index is 13.1. The second-order valence-corrected chi connectivity index (χ2v) is 6.79. The number of carbonyl (C=O) groups excluding carboxylic acids is 1. The van der Waals surface area contributed by atoms with Crippen LogP contribution in [0.25, 0.3) is 0 Å². The number of carbonyl (C=O) groups is 1. The Labute approximate surface area is 147 Å². The van der Waals surface area contributed by atoms with Gasteiger partial charge < -0.3 is 10.6 Å². The molecule has 4 heteroatoms. The lowest BCUT2D eigenvalue weighted by molar-refractivity contribution is -0.142. The van der Waals surface area contributed by atoms with E-state index in [2.05, 4.69) is 56.9 Å². The van der Waals surface area contributed by atoms with Crippen molar-refractivity contribution < 1.29 is 4.79 Å². The van der Waals surface area contributed by atoms with Crippen molar-refractivity contribution in [3.63, 3.8) is 0 Å². The van der Waals surface area contributed by atoms with Crippen LogP contribution < -0.4 is 5.73 Å². The smallest absolute Gasteiger partial charge is 0.230 e. The molecule has 0 saturated carbocycles. The Morgan fingerprint density at radius 2 is 1.91 bits per heavy atom. The molecule has 0 bridgehead atoms. The second kappa shape index (κ2) is 8.16. The minimum absolute atomic E-state index is 0. The largest absolute Gasteiger partial charge is 0.339 e. The van der Waals surface area contributed by atoms with Crippen molar-refractivity contribution in [1.82, 2.24) is 4.90 Å². The summed E-state index contributed by atoms with van der Waals surface area (Å²) in [5.74, 6) is 0.702. The van der Waals surface area contributed by atoms with E-state index in [1.807, 2.05) is 0 Å². The first-order valence-electron chi connectivity index (χ1n) is 8.55. The van der Waals surface area contributed by atoms with Gasteiger partial charge in [-0.25, -0.2) is 0 Å². The lowest BCUT2D eigenvalue weighted by Crippen LogP contribution is -2.48. The molecule has 2 N–H and O–H groups in total. The average Bonchev–Trinajstić information content (AvgIpc) is 2.91. The van der Waals surface area contributed by atoms with Crippen molar-refractivity contribution in [3.8, 4) is 0 Å². The molecular formula is C19H31ClN2O. The molecule has 0 aromatic heterocycles. The maximum absolute atomic E-state index is 13.1. The van der Waals surface area contributed by atoms with Crippen LogP contribution in [0.1, 0.15) is 57.1 Å². The molecule has 0 radical (unpaired) electrons. The summed E-state index contributed by atoms with van der Waals surface area (Å²) < 4.78 is 0. The summed E-state index contributed by atoms with van der Waals surface area (Å²) in [5.41, 5.74) is 8.29. The molecule has 130 valence electrons. The van der Waals surface area contributed by atoms with E-state index in [0.29, 0.717) is 18.5 Å². The molecule has 3 nitrogen and oxygen atoms in total. The summed E-state index contributed by atoms with van der Waals surface area (Å²) >= 11 is 0. The first kappa shape index (κ1) is 20.0. The Kier molecular flexibility index (Phi) is 7.09. The number of rotatable bonds is 5. The molecule has 0 spiro atoms. The fourth-order valence-electron chi connectivity index (χ4n) is 3.82. The molecule has 2 unspecified atom stereocenters. The summed E-state index contributed by atoms with van der Waals surface area (Å²) in [5, 5.41) is 0. The first-order valence-corrected chi connectivity index (χ1v) is 8.55. The minimum Gasteiger partial charge on any atom is -0.339 e. The first-order chi connectivity index (χ1) is 10.5. The van der Waals surface area contributed by atoms with E-state index < -0.39 is 0 Å². The topological polar surface area (TPSA) is 46.3 Å². The van der Waals surface area contributed by atoms with Gasteiger partial charge in [0.25, 0.3) is 0 Å². The molecule has 23 heavy (non-hydrogen) atoms. The number of amides is 1. The van der Waals surface area contributed by atoms with E-state index in [4.69, 9.17) is 5.73 Å². The third kappa shape index (κ3) is 3.72. The molecule has 2 atom stereocenters. The molecule has 1 fully saturated rings. The molecule has 1 aromatic rings. The van der Waals surface area contributed by atoms with E-state index in [9.17, 15) is 4.79 Å². The van der Waals surface area contributed by atoms with Crippen LogP contribution in [0.5, 0.6) is 0 Å². The Morgan fingerprint density at radius 3 is 2.43 bits per heavy atom. The predicted molar refractivity (Wildman–Crippen MR) is 99.0 cm³/mol. The van der Waals surface area contributed by atoms with Crippen LogP contribution in [0.2, 0.25) is 0 Å². The number of hydrogen-bond acceptors (Lipinski definition) is 2. The van der Waals surface area contributed by atoms with Gasteiger partial charge in [0, 0.05) is 25.0 Å². The van der Waals surface area contributed by atoms with Gasteiger partial charge in [0.15, 0.2) is 0 Å². The van der Waals surface area contributed by atoms with Gasteiger partial charge >= 0.3 is 0 Å². The van der Waals surface area contributed by atoms with Gasteiger partial charge in [-0.3, -0.25) is 4.79 Å². The fraction of sp³-hybridized carbons (Fsp3) is 0.632. The lowest BCUT2D eigenvalue weighted by Gasteiger charge is -2.35. The fourth-order valence-corrected chi connectivity index (χ4v) is 3.82. The van der Waals surface area contributed by atoms with Gasteiger partial charge in [0.2, 0.25) is 5.91 Å². The average molecular weight is 339 g/mol. The minimum atomic E-state index is -0.380. The van der Waals surface area contributed by atoms with E-state index in [0.717, 1.165) is 25.8 Å². The van der Waals surface area contributed by atoms with Crippen molar-refractivity contribution >= 4 is 18.3 Å². The quantitative estimate of drug-likeness (QED) is 0.885. The van der Waals surface area contributed by atoms with E-state index >= 15 is 0 Å². The molecule has 1 amide bonds. The highest BCUT2D eigenvalue weighted by Gasteiger charge is 2.42. The van der Waals surface area contributed by atoms with Gasteiger partial charge in [0.1, 0.15) is 0 Å². The van der Waals surface area contributed by atoms with Crippen LogP contribution in [0.3, 0.4) is 0 Å². The zero-order valence-electron chi connectivity index (χ0n) is 14.8. The van der Waals surface area contributed by atoms with Crippen LogP contribution >= 0.6 is 12.4 Å². The number of likely N-dealkylation sites (tertiary alicyclic amines) is 1. The SMILES string of the molecule is CCC(CC)(CN)C(=O)N1CC(c2ccccc2C)CC1C.Cl. The third-order valence-corrected chi connectivity index (χ3v) is 5.66. The van der Waals surface area contributed by atoms with Crippen LogP contribution in [-0.2, 0) is 4.79 Å². The Balaban J connectivity index is 0.00000264. The molecule has 1 saturated heterocycles. The maximum Gasteiger partial charge on any atom is 0.230 e. The molecule has 1 heterocycles. The highest BCUT2D eigenvalue weighted by Crippen LogP contribution is 2.37. The number of nitrogens with two attached hydrogens (primary N) is 1. The normalized spacial score (nSPS) is 21.2. The molecule has 2 rings (SSSR count). The molecule has 1 aromatic carbocycles. The highest BCUT2D eigenvalue weighted by atomic mass is 35.5. The second-order valence-electron chi connectivity index (χ2n) is 6.79. The monoisotopic (exact) mass is 338 g/mol. The summed E-state index contributed by atoms with van der Waals surface area (Å²) in [4.78, 5) is 15.2. The summed E-state index contributed by atoms with van der Waals surface area (Å²) in [7, 11) is 0. The van der Waals surface area contributed by atoms with E-state index in [1.54, 1.807) is 0 Å². The van der Waals surface area contributed by atoms with Crippen molar-refractivity contribution in [2.24, 2.45) is 11.1 Å². The summed E-state index contributed by atoms with van der Waals surface area (Å²) in [6, 6.07) is 8.83. The van der Waals surface area contributed by atoms with Crippen molar-refractivity contribution in [3.05, 3.63) is 35.4 Å². The molecule has 1 aliphatic rings. The van der Waals surface area contributed by atoms with E-state index in [1.165, 1.54) is 11.1 Å². The Bertz CT molecular complexity index is 520. The zero-order chi connectivity index (χ0) is 16.3. The Morgan fingerprint density at radius 1 is 1.30 bits per heavy atom. The van der Waals surface area contributed by atoms with Crippen LogP contribution in [0.4, 0.5) is 0 Å². The Hall–Kier alpha value is -1.06. The van der Waals surface area contributed by atoms with Gasteiger partial charge in [0.05, 0.1) is 5.41 Å². The summed E-state index contributed by atoms with van der Waals surface area (Å²) in [6.07, 6.45) is 2.68. The van der Waals surface area contributed by atoms with Gasteiger partial charge in [-0.1, -0.05) is 38.1 Å². The van der Waals surface area contributed by atoms with Crippen LogP contribution in [0, 0.1) is 12.3 Å². The molecule has 1 aliphatic heterocycles. The van der Waals surface area contributed by atoms with Crippen LogP contribution in [0.15, 0.2) is 24.3 Å². The van der Waals surface area contributed by atoms with Crippen LogP contribution in [-0.4, -0.2) is 29.9 Å². The number of halogens is 1. The summed E-state index contributed by atoms with van der Waals surface area (Å²) in [6.45, 7) is 9.75. The molecule has 0 aliphatic carbocycles. The molecular weight excluding hydrogens is 308 g/mol. The van der Waals surface area contributed by atoms with Crippen molar-refractivity contribution in [1.29, 1.82) is 0 Å². The number of aryl methyl sites for hydroxylation is 1.